The number of aryl methyl sites for hydroxylation is 1. The lowest BCUT2D eigenvalue weighted by Gasteiger charge is -2.47. The third-order valence-corrected chi connectivity index (χ3v) is 5.47. The molecule has 5 rings (SSSR count). The van der Waals surface area contributed by atoms with Crippen molar-refractivity contribution in [2.45, 2.75) is 25.0 Å². The number of benzene rings is 3. The number of hydrogen-bond donors (Lipinski definition) is 0. The first-order chi connectivity index (χ1) is 12.7. The second-order valence-electron chi connectivity index (χ2n) is 6.95. The van der Waals surface area contributed by atoms with Gasteiger partial charge in [-0.2, -0.15) is 0 Å². The number of para-hydroxylation sites is 2. The molecule has 0 saturated heterocycles. The number of methoxy groups -OCH3 is 1. The largest absolute Gasteiger partial charge is 0.493 e. The zero-order chi connectivity index (χ0) is 17.7. The Morgan fingerprint density at radius 2 is 1.65 bits per heavy atom. The second-order valence-corrected chi connectivity index (χ2v) is 6.95. The molecule has 0 aromatic heterocycles. The molecule has 0 spiro atoms. The summed E-state index contributed by atoms with van der Waals surface area (Å²) in [5.74, 6) is 1.78. The van der Waals surface area contributed by atoms with Gasteiger partial charge in [-0.05, 0) is 24.6 Å². The van der Waals surface area contributed by atoms with E-state index < -0.39 is 5.79 Å². The normalized spacial score (nSPS) is 22.5. The molecule has 0 radical (unpaired) electrons. The molecule has 0 amide bonds. The van der Waals surface area contributed by atoms with Gasteiger partial charge in [0.1, 0.15) is 5.75 Å². The first-order valence-corrected chi connectivity index (χ1v) is 8.92. The summed E-state index contributed by atoms with van der Waals surface area (Å²) in [5, 5.41) is 0. The molecule has 0 unspecified atom stereocenters. The van der Waals surface area contributed by atoms with E-state index in [0.717, 1.165) is 40.4 Å². The zero-order valence-electron chi connectivity index (χ0n) is 14.9. The van der Waals surface area contributed by atoms with Crippen LogP contribution in [-0.4, -0.2) is 7.11 Å². The van der Waals surface area contributed by atoms with Gasteiger partial charge in [0, 0.05) is 29.0 Å². The van der Waals surface area contributed by atoms with Gasteiger partial charge in [-0.25, -0.2) is 0 Å². The van der Waals surface area contributed by atoms with Gasteiger partial charge in [0.15, 0.2) is 11.5 Å². The molecule has 26 heavy (non-hydrogen) atoms. The summed E-state index contributed by atoms with van der Waals surface area (Å²) < 4.78 is 18.7. The van der Waals surface area contributed by atoms with Crippen LogP contribution < -0.4 is 14.2 Å². The summed E-state index contributed by atoms with van der Waals surface area (Å²) in [4.78, 5) is 0. The van der Waals surface area contributed by atoms with Crippen LogP contribution in [0.2, 0.25) is 0 Å². The van der Waals surface area contributed by atoms with E-state index in [4.69, 9.17) is 14.2 Å². The Hall–Kier alpha value is -2.94. The Balaban J connectivity index is 1.79. The summed E-state index contributed by atoms with van der Waals surface area (Å²) in [6.07, 6.45) is 0.745. The van der Waals surface area contributed by atoms with Crippen LogP contribution in [0.25, 0.3) is 0 Å². The summed E-state index contributed by atoms with van der Waals surface area (Å²) in [6.45, 7) is 2.10. The highest BCUT2D eigenvalue weighted by Gasteiger charge is 2.50. The predicted octanol–water partition coefficient (Wildman–Crippen LogP) is 5.16. The Morgan fingerprint density at radius 3 is 2.50 bits per heavy atom. The maximum absolute atomic E-state index is 6.59. The van der Waals surface area contributed by atoms with Crippen molar-refractivity contribution in [2.75, 3.05) is 7.11 Å². The number of hydrogen-bond acceptors (Lipinski definition) is 3. The van der Waals surface area contributed by atoms with Crippen LogP contribution in [0.3, 0.4) is 0 Å². The maximum atomic E-state index is 6.59. The molecule has 2 aliphatic rings. The van der Waals surface area contributed by atoms with Gasteiger partial charge in [-0.1, -0.05) is 54.6 Å². The maximum Gasteiger partial charge on any atom is 0.279 e. The van der Waals surface area contributed by atoms with Gasteiger partial charge in [0.2, 0.25) is 0 Å². The van der Waals surface area contributed by atoms with Crippen LogP contribution in [0.1, 0.15) is 34.6 Å². The fourth-order valence-electron chi connectivity index (χ4n) is 4.26. The van der Waals surface area contributed by atoms with Crippen LogP contribution in [0.15, 0.2) is 66.7 Å². The minimum absolute atomic E-state index is 0.207. The third-order valence-electron chi connectivity index (χ3n) is 5.47. The topological polar surface area (TPSA) is 27.7 Å². The van der Waals surface area contributed by atoms with Crippen LogP contribution in [-0.2, 0) is 5.79 Å². The van der Waals surface area contributed by atoms with Crippen LogP contribution >= 0.6 is 0 Å². The van der Waals surface area contributed by atoms with Crippen molar-refractivity contribution in [3.63, 3.8) is 0 Å². The number of ether oxygens (including phenoxy) is 3. The monoisotopic (exact) mass is 344 g/mol. The molecule has 3 nitrogen and oxygen atoms in total. The first kappa shape index (κ1) is 15.3. The highest BCUT2D eigenvalue weighted by molar-refractivity contribution is 5.57. The van der Waals surface area contributed by atoms with Crippen LogP contribution in [0, 0.1) is 6.92 Å². The summed E-state index contributed by atoms with van der Waals surface area (Å²) >= 11 is 0. The van der Waals surface area contributed by atoms with E-state index in [1.807, 2.05) is 36.4 Å². The van der Waals surface area contributed by atoms with E-state index in [1.165, 1.54) is 5.56 Å². The standard InChI is InChI=1S/C23H20O3/c1-15-8-3-5-11-19(15)23-14-18(16-9-4-6-12-20(16)25-23)17-10-7-13-21(24-2)22(17)26-23/h3-13,18H,14H2,1-2H3/t18-,23-/m0/s1. The van der Waals surface area contributed by atoms with E-state index in [2.05, 4.69) is 37.3 Å². The molecule has 3 aromatic carbocycles. The highest BCUT2D eigenvalue weighted by atomic mass is 16.7. The molecule has 3 heteroatoms. The number of rotatable bonds is 2. The fourth-order valence-corrected chi connectivity index (χ4v) is 4.26. The SMILES string of the molecule is COc1cccc2c1O[C@]1(c3ccccc3C)C[C@H]2c2ccccc2O1. The molecule has 0 N–H and O–H groups in total. The lowest BCUT2D eigenvalue weighted by atomic mass is 9.77. The van der Waals surface area contributed by atoms with E-state index >= 15 is 0 Å². The smallest absolute Gasteiger partial charge is 0.279 e. The highest BCUT2D eigenvalue weighted by Crippen LogP contribution is 2.57. The molecule has 2 atom stereocenters. The van der Waals surface area contributed by atoms with E-state index in [-0.39, 0.29) is 5.92 Å². The lowest BCUT2D eigenvalue weighted by molar-refractivity contribution is -0.150. The fraction of sp³-hybridized carbons (Fsp3) is 0.217. The quantitative estimate of drug-likeness (QED) is 0.642. The van der Waals surface area contributed by atoms with Crippen LogP contribution in [0.5, 0.6) is 17.2 Å². The van der Waals surface area contributed by atoms with Crippen molar-refractivity contribution in [3.8, 4) is 17.2 Å². The zero-order valence-corrected chi connectivity index (χ0v) is 14.9. The van der Waals surface area contributed by atoms with Crippen molar-refractivity contribution < 1.29 is 14.2 Å². The van der Waals surface area contributed by atoms with E-state index in [1.54, 1.807) is 7.11 Å². The average Bonchev–Trinajstić information content (AvgIpc) is 2.68. The van der Waals surface area contributed by atoms with Crippen molar-refractivity contribution in [3.05, 3.63) is 89.0 Å². The Kier molecular flexibility index (Phi) is 3.26. The molecule has 130 valence electrons. The Bertz CT molecular complexity index is 994. The van der Waals surface area contributed by atoms with E-state index in [0.29, 0.717) is 0 Å². The third kappa shape index (κ3) is 2.07. The predicted molar refractivity (Wildman–Crippen MR) is 100 cm³/mol. The number of fused-ring (bicyclic) bond motifs is 6. The van der Waals surface area contributed by atoms with Gasteiger partial charge in [-0.15, -0.1) is 0 Å². The lowest BCUT2D eigenvalue weighted by Crippen LogP contribution is -2.47. The first-order valence-electron chi connectivity index (χ1n) is 8.92. The molecule has 2 heterocycles. The van der Waals surface area contributed by atoms with Gasteiger partial charge >= 0.3 is 0 Å². The molecule has 0 saturated carbocycles. The van der Waals surface area contributed by atoms with Crippen molar-refractivity contribution in [1.29, 1.82) is 0 Å². The summed E-state index contributed by atoms with van der Waals surface area (Å²) in [6, 6.07) is 22.6. The molecule has 3 aromatic rings. The second kappa shape index (κ2) is 5.53. The van der Waals surface area contributed by atoms with Gasteiger partial charge < -0.3 is 14.2 Å². The Labute approximate surface area is 153 Å². The minimum Gasteiger partial charge on any atom is -0.493 e. The molecule has 0 fully saturated rings. The minimum atomic E-state index is -0.841. The van der Waals surface area contributed by atoms with Crippen molar-refractivity contribution in [2.24, 2.45) is 0 Å². The molecule has 2 aliphatic heterocycles. The van der Waals surface area contributed by atoms with E-state index in [9.17, 15) is 0 Å². The summed E-state index contributed by atoms with van der Waals surface area (Å²) in [5.41, 5.74) is 4.58. The molecule has 0 aliphatic carbocycles. The van der Waals surface area contributed by atoms with Gasteiger partial charge in [0.25, 0.3) is 5.79 Å². The molecular weight excluding hydrogens is 324 g/mol. The van der Waals surface area contributed by atoms with Gasteiger partial charge in [0.05, 0.1) is 7.11 Å². The van der Waals surface area contributed by atoms with Crippen LogP contribution in [0.4, 0.5) is 0 Å². The molecular formula is C23H20O3. The average molecular weight is 344 g/mol. The van der Waals surface area contributed by atoms with Crippen molar-refractivity contribution in [1.82, 2.24) is 0 Å². The van der Waals surface area contributed by atoms with Gasteiger partial charge in [-0.3, -0.25) is 0 Å². The van der Waals surface area contributed by atoms with Crippen molar-refractivity contribution >= 4 is 0 Å². The Morgan fingerprint density at radius 1 is 0.885 bits per heavy atom. The molecule has 2 bridgehead atoms. The summed E-state index contributed by atoms with van der Waals surface area (Å²) in [7, 11) is 1.68.